The highest BCUT2D eigenvalue weighted by atomic mass is 35.5. The van der Waals surface area contributed by atoms with Crippen molar-refractivity contribution < 1.29 is 14.8 Å². The molecule has 0 aliphatic rings. The molecular formula is C10H17ClN4O4. The molecule has 0 aromatic carbocycles. The summed E-state index contributed by atoms with van der Waals surface area (Å²) in [6.07, 6.45) is 2.37. The minimum Gasteiger partial charge on any atom is -0.480 e. The van der Waals surface area contributed by atoms with Crippen molar-refractivity contribution in [3.8, 4) is 0 Å². The van der Waals surface area contributed by atoms with Crippen LogP contribution < -0.4 is 0 Å². The number of carboxylic acid groups (broad SMARTS) is 1. The van der Waals surface area contributed by atoms with E-state index in [9.17, 15) is 14.9 Å². The highest BCUT2D eigenvalue weighted by Crippen LogP contribution is 2.05. The molecule has 0 aliphatic heterocycles. The lowest BCUT2D eigenvalue weighted by Crippen LogP contribution is -2.33. The second kappa shape index (κ2) is 8.44. The highest BCUT2D eigenvalue weighted by Gasteiger charge is 2.13. The molecule has 1 aromatic rings. The molecule has 9 heteroatoms. The maximum atomic E-state index is 10.6. The Labute approximate surface area is 116 Å². The summed E-state index contributed by atoms with van der Waals surface area (Å²) in [6, 6.07) is 1.32. The van der Waals surface area contributed by atoms with Gasteiger partial charge < -0.3 is 15.2 Å². The predicted molar refractivity (Wildman–Crippen MR) is 70.5 cm³/mol. The van der Waals surface area contributed by atoms with Crippen LogP contribution in [0.15, 0.2) is 12.3 Å². The van der Waals surface area contributed by atoms with Crippen LogP contribution in [-0.2, 0) is 11.3 Å². The zero-order chi connectivity index (χ0) is 13.5. The van der Waals surface area contributed by atoms with Gasteiger partial charge in [0.2, 0.25) is 0 Å². The van der Waals surface area contributed by atoms with E-state index in [1.54, 1.807) is 4.90 Å². The smallest absolute Gasteiger partial charge is 0.389 e. The van der Waals surface area contributed by atoms with E-state index in [4.69, 9.17) is 5.11 Å². The van der Waals surface area contributed by atoms with E-state index in [0.717, 1.165) is 6.42 Å². The van der Waals surface area contributed by atoms with Crippen molar-refractivity contribution in [2.75, 3.05) is 19.6 Å². The fourth-order valence-electron chi connectivity index (χ4n) is 1.59. The van der Waals surface area contributed by atoms with Gasteiger partial charge in [-0.25, -0.2) is 0 Å². The van der Waals surface area contributed by atoms with Crippen molar-refractivity contribution in [2.45, 2.75) is 19.9 Å². The quantitative estimate of drug-likeness (QED) is 0.567. The first kappa shape index (κ1) is 17.3. The number of hydrogen-bond donors (Lipinski definition) is 1. The summed E-state index contributed by atoms with van der Waals surface area (Å²) in [5.74, 6) is -1.08. The van der Waals surface area contributed by atoms with Gasteiger partial charge in [-0.05, 0) is 17.9 Å². The van der Waals surface area contributed by atoms with Crippen LogP contribution in [0.5, 0.6) is 0 Å². The molecule has 0 unspecified atom stereocenters. The fraction of sp³-hybridized carbons (Fsp3) is 0.600. The molecule has 108 valence electrons. The van der Waals surface area contributed by atoms with Crippen molar-refractivity contribution in [3.05, 3.63) is 22.4 Å². The van der Waals surface area contributed by atoms with Gasteiger partial charge in [0.25, 0.3) is 0 Å². The summed E-state index contributed by atoms with van der Waals surface area (Å²) in [4.78, 5) is 22.3. The number of rotatable bonds is 8. The van der Waals surface area contributed by atoms with Gasteiger partial charge in [0, 0.05) is 6.54 Å². The number of nitro groups is 1. The Morgan fingerprint density at radius 3 is 2.74 bits per heavy atom. The molecule has 0 radical (unpaired) electrons. The Bertz CT molecular complexity index is 423. The number of aromatic nitrogens is 2. The van der Waals surface area contributed by atoms with Gasteiger partial charge in [-0.2, -0.15) is 4.68 Å². The minimum absolute atomic E-state index is 0. The molecule has 0 spiro atoms. The second-order valence-corrected chi connectivity index (χ2v) is 3.86. The predicted octanol–water partition coefficient (Wildman–Crippen LogP) is 1.01. The lowest BCUT2D eigenvalue weighted by atomic mass is 10.4. The summed E-state index contributed by atoms with van der Waals surface area (Å²) in [7, 11) is 0. The molecule has 8 nitrogen and oxygen atoms in total. The first-order chi connectivity index (χ1) is 8.52. The van der Waals surface area contributed by atoms with E-state index in [0.29, 0.717) is 19.6 Å². The van der Waals surface area contributed by atoms with Crippen LogP contribution in [0, 0.1) is 10.1 Å². The summed E-state index contributed by atoms with van der Waals surface area (Å²) in [6.45, 7) is 3.54. The molecule has 0 bridgehead atoms. The van der Waals surface area contributed by atoms with E-state index in [1.807, 2.05) is 6.92 Å². The zero-order valence-corrected chi connectivity index (χ0v) is 11.4. The first-order valence-corrected chi connectivity index (χ1v) is 5.65. The summed E-state index contributed by atoms with van der Waals surface area (Å²) in [5.41, 5.74) is 0. The fourth-order valence-corrected chi connectivity index (χ4v) is 1.59. The Balaban J connectivity index is 0.00000324. The summed E-state index contributed by atoms with van der Waals surface area (Å²) >= 11 is 0. The standard InChI is InChI=1S/C10H16N4O4.ClH/c1-2-4-12(8-10(15)16)6-7-13-5-3-9(11-13)14(17)18;/h3,5H,2,4,6-8H2,1H3,(H,15,16);1H. The normalized spacial score (nSPS) is 10.2. The van der Waals surface area contributed by atoms with Crippen LogP contribution >= 0.6 is 12.4 Å². The van der Waals surface area contributed by atoms with Gasteiger partial charge in [-0.15, -0.1) is 12.4 Å². The van der Waals surface area contributed by atoms with Gasteiger partial charge in [-0.3, -0.25) is 9.69 Å². The minimum atomic E-state index is -0.880. The highest BCUT2D eigenvalue weighted by molar-refractivity contribution is 5.85. The molecule has 19 heavy (non-hydrogen) atoms. The van der Waals surface area contributed by atoms with Crippen molar-refractivity contribution in [1.29, 1.82) is 0 Å². The van der Waals surface area contributed by atoms with Crippen LogP contribution in [0.2, 0.25) is 0 Å². The third-order valence-electron chi connectivity index (χ3n) is 2.36. The molecule has 0 atom stereocenters. The number of halogens is 1. The van der Waals surface area contributed by atoms with E-state index in [-0.39, 0.29) is 24.8 Å². The number of hydrogen-bond acceptors (Lipinski definition) is 5. The van der Waals surface area contributed by atoms with Crippen LogP contribution in [0.4, 0.5) is 5.82 Å². The van der Waals surface area contributed by atoms with Crippen molar-refractivity contribution in [1.82, 2.24) is 14.7 Å². The Kier molecular flexibility index (Phi) is 7.69. The maximum Gasteiger partial charge on any atom is 0.389 e. The van der Waals surface area contributed by atoms with Crippen molar-refractivity contribution in [2.24, 2.45) is 0 Å². The lowest BCUT2D eigenvalue weighted by Gasteiger charge is -2.18. The van der Waals surface area contributed by atoms with E-state index < -0.39 is 10.9 Å². The lowest BCUT2D eigenvalue weighted by molar-refractivity contribution is -0.389. The van der Waals surface area contributed by atoms with E-state index >= 15 is 0 Å². The van der Waals surface area contributed by atoms with Crippen molar-refractivity contribution in [3.63, 3.8) is 0 Å². The number of aliphatic carboxylic acids is 1. The molecule has 0 saturated carbocycles. The molecule has 0 saturated heterocycles. The van der Waals surface area contributed by atoms with E-state index in [1.165, 1.54) is 16.9 Å². The topological polar surface area (TPSA) is 102 Å². The number of carbonyl (C=O) groups is 1. The van der Waals surface area contributed by atoms with Gasteiger partial charge in [0.15, 0.2) is 0 Å². The Morgan fingerprint density at radius 2 is 2.26 bits per heavy atom. The molecular weight excluding hydrogens is 276 g/mol. The molecule has 1 N–H and O–H groups in total. The second-order valence-electron chi connectivity index (χ2n) is 3.86. The molecule has 1 aromatic heterocycles. The number of carboxylic acids is 1. The molecule has 0 fully saturated rings. The monoisotopic (exact) mass is 292 g/mol. The number of nitrogens with zero attached hydrogens (tertiary/aromatic N) is 4. The average Bonchev–Trinajstić information content (AvgIpc) is 2.74. The molecule has 0 aliphatic carbocycles. The van der Waals surface area contributed by atoms with Crippen LogP contribution in [0.1, 0.15) is 13.3 Å². The van der Waals surface area contributed by atoms with Crippen LogP contribution in [0.3, 0.4) is 0 Å². The van der Waals surface area contributed by atoms with Gasteiger partial charge in [0.05, 0.1) is 30.5 Å². The Morgan fingerprint density at radius 1 is 1.58 bits per heavy atom. The van der Waals surface area contributed by atoms with Gasteiger partial charge in [0.1, 0.15) is 0 Å². The summed E-state index contributed by atoms with van der Waals surface area (Å²) in [5, 5.41) is 22.9. The Hall–Kier alpha value is -1.67. The molecule has 1 rings (SSSR count). The van der Waals surface area contributed by atoms with Gasteiger partial charge in [-0.1, -0.05) is 6.92 Å². The molecule has 0 amide bonds. The third kappa shape index (κ3) is 6.16. The first-order valence-electron chi connectivity index (χ1n) is 5.65. The maximum absolute atomic E-state index is 10.6. The zero-order valence-electron chi connectivity index (χ0n) is 10.6. The van der Waals surface area contributed by atoms with Crippen LogP contribution in [0.25, 0.3) is 0 Å². The largest absolute Gasteiger partial charge is 0.480 e. The molecule has 1 heterocycles. The van der Waals surface area contributed by atoms with E-state index in [2.05, 4.69) is 5.10 Å². The third-order valence-corrected chi connectivity index (χ3v) is 2.36. The van der Waals surface area contributed by atoms with Crippen molar-refractivity contribution >= 4 is 24.2 Å². The summed E-state index contributed by atoms with van der Waals surface area (Å²) < 4.78 is 1.45. The SMILES string of the molecule is CCCN(CCn1ccc([N+](=O)[O-])n1)CC(=O)O.Cl. The van der Waals surface area contributed by atoms with Gasteiger partial charge >= 0.3 is 11.8 Å². The average molecular weight is 293 g/mol. The van der Waals surface area contributed by atoms with Crippen LogP contribution in [-0.4, -0.2) is 50.3 Å².